The lowest BCUT2D eigenvalue weighted by molar-refractivity contribution is 0.0984. The number of rotatable bonds is 5. The number of amides is 2. The molecule has 0 aromatic heterocycles. The number of nitrogens with one attached hydrogen (secondary N) is 1. The number of aryl methyl sites for hydroxylation is 3. The number of nitrogens with zero attached hydrogens (tertiary/aromatic N) is 1. The maximum absolute atomic E-state index is 13.2. The van der Waals surface area contributed by atoms with Gasteiger partial charge in [0.15, 0.2) is 0 Å². The second kappa shape index (κ2) is 9.35. The van der Waals surface area contributed by atoms with E-state index in [9.17, 15) is 14.0 Å². The van der Waals surface area contributed by atoms with Crippen LogP contribution in [0.25, 0.3) is 0 Å². The van der Waals surface area contributed by atoms with Gasteiger partial charge in [0, 0.05) is 29.0 Å². The van der Waals surface area contributed by atoms with Crippen LogP contribution in [0.2, 0.25) is 0 Å². The Morgan fingerprint density at radius 2 is 1.59 bits per heavy atom. The molecule has 0 unspecified atom stereocenters. The molecular weight excluding hydrogens is 403 g/mol. The summed E-state index contributed by atoms with van der Waals surface area (Å²) in [5.74, 6) is -0.676. The van der Waals surface area contributed by atoms with Crippen LogP contribution in [0.5, 0.6) is 0 Å². The molecule has 0 atom stereocenters. The van der Waals surface area contributed by atoms with E-state index in [1.165, 1.54) is 24.3 Å². The van der Waals surface area contributed by atoms with E-state index in [0.717, 1.165) is 53.7 Å². The first kappa shape index (κ1) is 21.8. The molecule has 0 spiro atoms. The third-order valence-corrected chi connectivity index (χ3v) is 6.03. The minimum atomic E-state index is -0.368. The molecule has 1 N–H and O–H groups in total. The third-order valence-electron chi connectivity index (χ3n) is 6.03. The first-order valence-electron chi connectivity index (χ1n) is 11.1. The van der Waals surface area contributed by atoms with Crippen LogP contribution in [0.15, 0.2) is 60.7 Å². The highest BCUT2D eigenvalue weighted by Crippen LogP contribution is 2.30. The molecule has 164 valence electrons. The second-order valence-electron chi connectivity index (χ2n) is 8.02. The molecule has 0 aliphatic carbocycles. The van der Waals surface area contributed by atoms with Crippen LogP contribution >= 0.6 is 0 Å². The zero-order valence-corrected chi connectivity index (χ0v) is 18.5. The zero-order chi connectivity index (χ0) is 22.7. The molecule has 5 heteroatoms. The van der Waals surface area contributed by atoms with Crippen LogP contribution in [0.1, 0.15) is 57.7 Å². The van der Waals surface area contributed by atoms with E-state index < -0.39 is 0 Å². The van der Waals surface area contributed by atoms with Gasteiger partial charge in [-0.2, -0.15) is 0 Å². The Hall–Kier alpha value is -3.47. The van der Waals surface area contributed by atoms with Crippen LogP contribution in [-0.2, 0) is 19.3 Å². The van der Waals surface area contributed by atoms with E-state index in [1.54, 1.807) is 11.0 Å². The minimum Gasteiger partial charge on any atom is -0.321 e. The topological polar surface area (TPSA) is 49.4 Å². The summed E-state index contributed by atoms with van der Waals surface area (Å²) in [6.07, 6.45) is 3.29. The number of hydrogen-bond donors (Lipinski definition) is 1. The summed E-state index contributed by atoms with van der Waals surface area (Å²) in [5.41, 5.74) is 5.94. The SMILES string of the molecule is CCc1cccc(CC)c1NC(=O)c1ccc2c(c1)CCCN2C(=O)c1ccc(F)cc1. The van der Waals surface area contributed by atoms with Crippen LogP contribution in [-0.4, -0.2) is 18.4 Å². The number of carbonyl (C=O) groups excluding carboxylic acids is 2. The van der Waals surface area contributed by atoms with E-state index in [2.05, 4.69) is 19.2 Å². The van der Waals surface area contributed by atoms with Crippen molar-refractivity contribution in [3.05, 3.63) is 94.3 Å². The molecule has 3 aromatic rings. The standard InChI is InChI=1S/C27H27FN2O2/c1-3-18-7-5-8-19(4-2)25(18)29-26(31)22-12-15-24-21(17-22)9-6-16-30(24)27(32)20-10-13-23(28)14-11-20/h5,7-8,10-15,17H,3-4,6,9,16H2,1-2H3,(H,29,31). The van der Waals surface area contributed by atoms with Gasteiger partial charge in [0.1, 0.15) is 5.82 Å². The van der Waals surface area contributed by atoms with Crippen LogP contribution < -0.4 is 10.2 Å². The van der Waals surface area contributed by atoms with Crippen LogP contribution in [0.3, 0.4) is 0 Å². The highest BCUT2D eigenvalue weighted by atomic mass is 19.1. The Balaban J connectivity index is 1.60. The summed E-state index contributed by atoms with van der Waals surface area (Å²) < 4.78 is 13.2. The van der Waals surface area contributed by atoms with Crippen molar-refractivity contribution >= 4 is 23.2 Å². The van der Waals surface area contributed by atoms with Gasteiger partial charge in [-0.1, -0.05) is 32.0 Å². The molecule has 0 bridgehead atoms. The van der Waals surface area contributed by atoms with Gasteiger partial charge in [-0.05, 0) is 84.8 Å². The van der Waals surface area contributed by atoms with Crippen molar-refractivity contribution in [1.29, 1.82) is 0 Å². The molecule has 1 heterocycles. The summed E-state index contributed by atoms with van der Waals surface area (Å²) >= 11 is 0. The molecule has 0 saturated heterocycles. The molecule has 0 saturated carbocycles. The fraction of sp³-hybridized carbons (Fsp3) is 0.259. The normalized spacial score (nSPS) is 12.9. The van der Waals surface area contributed by atoms with E-state index in [4.69, 9.17) is 0 Å². The Bertz CT molecular complexity index is 1130. The quantitative estimate of drug-likeness (QED) is 0.556. The maximum atomic E-state index is 13.2. The summed E-state index contributed by atoms with van der Waals surface area (Å²) in [6.45, 7) is 4.75. The van der Waals surface area contributed by atoms with Gasteiger partial charge in [-0.3, -0.25) is 9.59 Å². The number of halogens is 1. The Kier molecular flexibility index (Phi) is 6.35. The first-order valence-corrected chi connectivity index (χ1v) is 11.1. The van der Waals surface area contributed by atoms with Crippen molar-refractivity contribution in [2.24, 2.45) is 0 Å². The maximum Gasteiger partial charge on any atom is 0.258 e. The zero-order valence-electron chi connectivity index (χ0n) is 18.5. The van der Waals surface area contributed by atoms with Crippen molar-refractivity contribution in [3.8, 4) is 0 Å². The van der Waals surface area contributed by atoms with Crippen molar-refractivity contribution in [2.45, 2.75) is 39.5 Å². The minimum absolute atomic E-state index is 0.148. The molecule has 3 aromatic carbocycles. The fourth-order valence-corrected chi connectivity index (χ4v) is 4.29. The molecule has 0 fully saturated rings. The van der Waals surface area contributed by atoms with Crippen molar-refractivity contribution in [3.63, 3.8) is 0 Å². The Morgan fingerprint density at radius 1 is 0.938 bits per heavy atom. The number of anilines is 2. The van der Waals surface area contributed by atoms with Crippen LogP contribution in [0.4, 0.5) is 15.8 Å². The van der Waals surface area contributed by atoms with E-state index >= 15 is 0 Å². The number of benzene rings is 3. The second-order valence-corrected chi connectivity index (χ2v) is 8.02. The largest absolute Gasteiger partial charge is 0.321 e. The number of para-hydroxylation sites is 1. The smallest absolute Gasteiger partial charge is 0.258 e. The van der Waals surface area contributed by atoms with Gasteiger partial charge < -0.3 is 10.2 Å². The monoisotopic (exact) mass is 430 g/mol. The highest BCUT2D eigenvalue weighted by Gasteiger charge is 2.25. The number of fused-ring (bicyclic) bond motifs is 1. The predicted molar refractivity (Wildman–Crippen MR) is 126 cm³/mol. The Labute approximate surface area is 188 Å². The number of hydrogen-bond acceptors (Lipinski definition) is 2. The Morgan fingerprint density at radius 3 is 2.25 bits per heavy atom. The molecule has 1 aliphatic heterocycles. The molecular formula is C27H27FN2O2. The molecule has 2 amide bonds. The molecule has 32 heavy (non-hydrogen) atoms. The average molecular weight is 431 g/mol. The van der Waals surface area contributed by atoms with Gasteiger partial charge >= 0.3 is 0 Å². The van der Waals surface area contributed by atoms with E-state index in [1.807, 2.05) is 30.3 Å². The fourth-order valence-electron chi connectivity index (χ4n) is 4.29. The predicted octanol–water partition coefficient (Wildman–Crippen LogP) is 5.80. The van der Waals surface area contributed by atoms with E-state index in [0.29, 0.717) is 17.7 Å². The van der Waals surface area contributed by atoms with E-state index in [-0.39, 0.29) is 17.6 Å². The van der Waals surface area contributed by atoms with Crippen LogP contribution in [0, 0.1) is 5.82 Å². The van der Waals surface area contributed by atoms with Gasteiger partial charge in [-0.15, -0.1) is 0 Å². The lowest BCUT2D eigenvalue weighted by Crippen LogP contribution is -2.35. The van der Waals surface area contributed by atoms with Crippen molar-refractivity contribution < 1.29 is 14.0 Å². The average Bonchev–Trinajstić information content (AvgIpc) is 2.83. The summed E-state index contributed by atoms with van der Waals surface area (Å²) in [4.78, 5) is 27.8. The molecule has 4 rings (SSSR count). The summed E-state index contributed by atoms with van der Waals surface area (Å²) in [7, 11) is 0. The lowest BCUT2D eigenvalue weighted by atomic mass is 9.97. The lowest BCUT2D eigenvalue weighted by Gasteiger charge is -2.30. The third kappa shape index (κ3) is 4.28. The number of carbonyl (C=O) groups is 2. The van der Waals surface area contributed by atoms with Gasteiger partial charge in [-0.25, -0.2) is 4.39 Å². The van der Waals surface area contributed by atoms with Gasteiger partial charge in [0.05, 0.1) is 0 Å². The van der Waals surface area contributed by atoms with Gasteiger partial charge in [0.25, 0.3) is 11.8 Å². The molecule has 0 radical (unpaired) electrons. The van der Waals surface area contributed by atoms with Gasteiger partial charge in [0.2, 0.25) is 0 Å². The molecule has 4 nitrogen and oxygen atoms in total. The first-order chi connectivity index (χ1) is 15.5. The van der Waals surface area contributed by atoms with Crippen molar-refractivity contribution in [2.75, 3.05) is 16.8 Å². The summed E-state index contributed by atoms with van der Waals surface area (Å²) in [5, 5.41) is 3.11. The van der Waals surface area contributed by atoms with Crippen molar-refractivity contribution in [1.82, 2.24) is 0 Å². The highest BCUT2D eigenvalue weighted by molar-refractivity contribution is 6.08. The summed E-state index contributed by atoms with van der Waals surface area (Å²) in [6, 6.07) is 17.2. The molecule has 1 aliphatic rings.